The van der Waals surface area contributed by atoms with Crippen molar-refractivity contribution in [2.75, 3.05) is 13.7 Å². The maximum absolute atomic E-state index is 9.23. The van der Waals surface area contributed by atoms with Gasteiger partial charge in [0, 0.05) is 6.07 Å². The normalized spacial score (nSPS) is 10.6. The lowest BCUT2D eigenvalue weighted by atomic mass is 10.3. The minimum atomic E-state index is -0.220. The van der Waals surface area contributed by atoms with E-state index in [1.807, 2.05) is 12.1 Å². The van der Waals surface area contributed by atoms with Crippen molar-refractivity contribution >= 4 is 0 Å². The molecule has 0 saturated carbocycles. The summed E-state index contributed by atoms with van der Waals surface area (Å²) in [5.74, 6) is 1.34. The van der Waals surface area contributed by atoms with Gasteiger partial charge in [0.05, 0.1) is 26.9 Å². The van der Waals surface area contributed by atoms with E-state index in [1.54, 1.807) is 19.2 Å². The highest BCUT2D eigenvalue weighted by molar-refractivity contribution is 5.33. The molecule has 0 amide bonds. The number of aliphatic hydroxyl groups is 2. The zero-order valence-corrected chi connectivity index (χ0v) is 11.2. The van der Waals surface area contributed by atoms with E-state index in [0.717, 1.165) is 0 Å². The third-order valence-electron chi connectivity index (χ3n) is 2.80. The van der Waals surface area contributed by atoms with Crippen LogP contribution in [-0.4, -0.2) is 38.9 Å². The van der Waals surface area contributed by atoms with Gasteiger partial charge in [-0.05, 0) is 12.1 Å². The van der Waals surface area contributed by atoms with Crippen molar-refractivity contribution < 1.29 is 19.7 Å². The van der Waals surface area contributed by atoms with E-state index in [2.05, 4.69) is 10.3 Å². The quantitative estimate of drug-likeness (QED) is 0.760. The van der Waals surface area contributed by atoms with E-state index >= 15 is 0 Å². The Hall–Kier alpha value is -2.12. The van der Waals surface area contributed by atoms with Gasteiger partial charge in [0.25, 0.3) is 0 Å². The summed E-state index contributed by atoms with van der Waals surface area (Å²) in [6.45, 7) is 0.239. The molecule has 7 nitrogen and oxygen atoms in total. The van der Waals surface area contributed by atoms with E-state index in [0.29, 0.717) is 29.4 Å². The highest BCUT2D eigenvalue weighted by Gasteiger charge is 2.12. The van der Waals surface area contributed by atoms with Gasteiger partial charge in [0.2, 0.25) is 0 Å². The molecule has 20 heavy (non-hydrogen) atoms. The van der Waals surface area contributed by atoms with Gasteiger partial charge in [-0.3, -0.25) is 0 Å². The first kappa shape index (κ1) is 14.3. The van der Waals surface area contributed by atoms with Gasteiger partial charge in [-0.15, -0.1) is 5.10 Å². The SMILES string of the molecule is COc1cccc(OCc2c(CO)nnn2CCO)c1. The first-order chi connectivity index (χ1) is 9.78. The van der Waals surface area contributed by atoms with Crippen LogP contribution in [0.1, 0.15) is 11.4 Å². The Labute approximate surface area is 116 Å². The predicted molar refractivity (Wildman–Crippen MR) is 70.4 cm³/mol. The molecule has 2 aromatic rings. The molecule has 7 heteroatoms. The molecule has 0 aliphatic rings. The van der Waals surface area contributed by atoms with Crippen molar-refractivity contribution in [3.63, 3.8) is 0 Å². The molecule has 0 aliphatic heterocycles. The second-order valence-electron chi connectivity index (χ2n) is 4.06. The second-order valence-corrected chi connectivity index (χ2v) is 4.06. The Morgan fingerprint density at radius 1 is 1.25 bits per heavy atom. The molecule has 1 heterocycles. The number of aromatic nitrogens is 3. The monoisotopic (exact) mass is 279 g/mol. The van der Waals surface area contributed by atoms with Gasteiger partial charge in [0.15, 0.2) is 0 Å². The molecule has 2 rings (SSSR count). The summed E-state index contributed by atoms with van der Waals surface area (Å²) in [7, 11) is 1.59. The molecular formula is C13H17N3O4. The number of rotatable bonds is 7. The first-order valence-corrected chi connectivity index (χ1v) is 6.18. The van der Waals surface area contributed by atoms with Crippen LogP contribution in [0.4, 0.5) is 0 Å². The summed E-state index contributed by atoms with van der Waals surface area (Å²) >= 11 is 0. The average molecular weight is 279 g/mol. The van der Waals surface area contributed by atoms with Crippen LogP contribution < -0.4 is 9.47 Å². The number of hydrogen-bond donors (Lipinski definition) is 2. The summed E-state index contributed by atoms with van der Waals surface area (Å²) in [6.07, 6.45) is 0. The molecule has 0 atom stereocenters. The molecule has 2 N–H and O–H groups in total. The number of ether oxygens (including phenoxy) is 2. The number of aliphatic hydroxyl groups excluding tert-OH is 2. The van der Waals surface area contributed by atoms with Crippen LogP contribution in [-0.2, 0) is 19.8 Å². The third kappa shape index (κ3) is 3.25. The summed E-state index contributed by atoms with van der Waals surface area (Å²) in [5, 5.41) is 25.9. The Balaban J connectivity index is 2.11. The van der Waals surface area contributed by atoms with Gasteiger partial charge < -0.3 is 19.7 Å². The zero-order valence-electron chi connectivity index (χ0n) is 11.2. The van der Waals surface area contributed by atoms with E-state index in [9.17, 15) is 5.11 Å². The fourth-order valence-electron chi connectivity index (χ4n) is 1.77. The lowest BCUT2D eigenvalue weighted by Gasteiger charge is -2.09. The molecule has 0 fully saturated rings. The maximum atomic E-state index is 9.23. The van der Waals surface area contributed by atoms with E-state index in [-0.39, 0.29) is 19.8 Å². The molecule has 0 unspecified atom stereocenters. The summed E-state index contributed by atoms with van der Waals surface area (Å²) < 4.78 is 12.3. The second kappa shape index (κ2) is 6.88. The molecule has 0 bridgehead atoms. The average Bonchev–Trinajstić information content (AvgIpc) is 2.88. The van der Waals surface area contributed by atoms with Crippen molar-refractivity contribution in [3.05, 3.63) is 35.7 Å². The highest BCUT2D eigenvalue weighted by Crippen LogP contribution is 2.20. The Kier molecular flexibility index (Phi) is 4.91. The van der Waals surface area contributed by atoms with Crippen LogP contribution in [0.5, 0.6) is 11.5 Å². The van der Waals surface area contributed by atoms with Crippen molar-refractivity contribution in [1.82, 2.24) is 15.0 Å². The molecule has 0 radical (unpaired) electrons. The molecule has 0 spiro atoms. The van der Waals surface area contributed by atoms with Crippen LogP contribution >= 0.6 is 0 Å². The molecule has 0 saturated heterocycles. The van der Waals surface area contributed by atoms with Crippen LogP contribution in [0, 0.1) is 0 Å². The molecule has 0 aliphatic carbocycles. The fourth-order valence-corrected chi connectivity index (χ4v) is 1.77. The van der Waals surface area contributed by atoms with Crippen LogP contribution in [0.25, 0.3) is 0 Å². The van der Waals surface area contributed by atoms with Crippen LogP contribution in [0.15, 0.2) is 24.3 Å². The van der Waals surface area contributed by atoms with E-state index in [1.165, 1.54) is 4.68 Å². The van der Waals surface area contributed by atoms with Gasteiger partial charge in [0.1, 0.15) is 29.5 Å². The summed E-state index contributed by atoms with van der Waals surface area (Å²) in [5.41, 5.74) is 1.09. The van der Waals surface area contributed by atoms with E-state index in [4.69, 9.17) is 14.6 Å². The topological polar surface area (TPSA) is 89.6 Å². The van der Waals surface area contributed by atoms with Gasteiger partial charge in [-0.2, -0.15) is 0 Å². The Morgan fingerprint density at radius 2 is 2.05 bits per heavy atom. The smallest absolute Gasteiger partial charge is 0.132 e. The summed E-state index contributed by atoms with van der Waals surface area (Å²) in [4.78, 5) is 0. The first-order valence-electron chi connectivity index (χ1n) is 6.18. The molecule has 1 aromatic heterocycles. The Bertz CT molecular complexity index is 556. The minimum Gasteiger partial charge on any atom is -0.497 e. The van der Waals surface area contributed by atoms with Crippen molar-refractivity contribution in [3.8, 4) is 11.5 Å². The molecule has 1 aromatic carbocycles. The number of hydrogen-bond acceptors (Lipinski definition) is 6. The highest BCUT2D eigenvalue weighted by atomic mass is 16.5. The third-order valence-corrected chi connectivity index (χ3v) is 2.80. The van der Waals surface area contributed by atoms with Crippen LogP contribution in [0.3, 0.4) is 0 Å². The number of nitrogens with zero attached hydrogens (tertiary/aromatic N) is 3. The van der Waals surface area contributed by atoms with Crippen molar-refractivity contribution in [1.29, 1.82) is 0 Å². The minimum absolute atomic E-state index is 0.0552. The van der Waals surface area contributed by atoms with Crippen LogP contribution in [0.2, 0.25) is 0 Å². The molecule has 108 valence electrons. The van der Waals surface area contributed by atoms with Crippen molar-refractivity contribution in [2.45, 2.75) is 19.8 Å². The lowest BCUT2D eigenvalue weighted by Crippen LogP contribution is -2.11. The van der Waals surface area contributed by atoms with Gasteiger partial charge >= 0.3 is 0 Å². The van der Waals surface area contributed by atoms with Gasteiger partial charge in [-0.25, -0.2) is 4.68 Å². The largest absolute Gasteiger partial charge is 0.497 e. The molecular weight excluding hydrogens is 262 g/mol. The Morgan fingerprint density at radius 3 is 2.75 bits per heavy atom. The maximum Gasteiger partial charge on any atom is 0.132 e. The fraction of sp³-hybridized carbons (Fsp3) is 0.385. The standard InChI is InChI=1S/C13H17N3O4/c1-19-10-3-2-4-11(7-10)20-9-13-12(8-18)14-15-16(13)5-6-17/h2-4,7,17-18H,5-6,8-9H2,1H3. The predicted octanol–water partition coefficient (Wildman–Crippen LogP) is 0.350. The lowest BCUT2D eigenvalue weighted by molar-refractivity contribution is 0.245. The zero-order chi connectivity index (χ0) is 14.4. The van der Waals surface area contributed by atoms with Gasteiger partial charge in [-0.1, -0.05) is 11.3 Å². The number of benzene rings is 1. The van der Waals surface area contributed by atoms with Crippen molar-refractivity contribution in [2.24, 2.45) is 0 Å². The van der Waals surface area contributed by atoms with E-state index < -0.39 is 0 Å². The summed E-state index contributed by atoms with van der Waals surface area (Å²) in [6, 6.07) is 7.22. The number of methoxy groups -OCH3 is 1.